The first kappa shape index (κ1) is 14.4. The van der Waals surface area contributed by atoms with E-state index < -0.39 is 0 Å². The summed E-state index contributed by atoms with van der Waals surface area (Å²) in [6.07, 6.45) is 0. The van der Waals surface area contributed by atoms with Crippen LogP contribution in [0.1, 0.15) is 28.3 Å². The Morgan fingerprint density at radius 2 is 1.58 bits per heavy atom. The van der Waals surface area contributed by atoms with E-state index >= 15 is 0 Å². The molecule has 19 heavy (non-hydrogen) atoms. The maximum Gasteiger partial charge on any atom is 0.0589 e. The Morgan fingerprint density at radius 3 is 2.16 bits per heavy atom. The third-order valence-electron chi connectivity index (χ3n) is 3.14. The van der Waals surface area contributed by atoms with Crippen molar-refractivity contribution in [2.45, 2.75) is 19.9 Å². The second-order valence-corrected chi connectivity index (χ2v) is 5.65. The molecule has 2 rings (SSSR count). The average Bonchev–Trinajstić information content (AvgIpc) is 2.33. The van der Waals surface area contributed by atoms with Gasteiger partial charge in [0.25, 0.3) is 0 Å². The maximum atomic E-state index is 6.30. The van der Waals surface area contributed by atoms with Crippen molar-refractivity contribution in [3.8, 4) is 0 Å². The molecule has 0 radical (unpaired) electrons. The highest BCUT2D eigenvalue weighted by Gasteiger charge is 2.16. The van der Waals surface area contributed by atoms with Gasteiger partial charge in [0.05, 0.1) is 6.04 Å². The molecule has 1 nitrogen and oxygen atoms in total. The molecule has 0 heterocycles. The van der Waals surface area contributed by atoms with E-state index in [1.165, 1.54) is 16.7 Å². The number of aryl methyl sites for hydroxylation is 2. The van der Waals surface area contributed by atoms with Gasteiger partial charge in [0, 0.05) is 10.0 Å². The summed E-state index contributed by atoms with van der Waals surface area (Å²) in [5.74, 6) is 0. The smallest absolute Gasteiger partial charge is 0.0589 e. The van der Waals surface area contributed by atoms with Crippen LogP contribution in [0.3, 0.4) is 0 Å². The molecule has 0 saturated heterocycles. The number of nitrogens with one attached hydrogen (secondary N) is 1. The lowest BCUT2D eigenvalue weighted by atomic mass is 9.96. The molecule has 3 heteroatoms. The Hall–Kier alpha value is -1.02. The SMILES string of the molecule is CNC(c1cc(C)cc(C)c1)c1cc(Cl)ccc1Cl. The third kappa shape index (κ3) is 3.30. The summed E-state index contributed by atoms with van der Waals surface area (Å²) in [6, 6.07) is 12.1. The van der Waals surface area contributed by atoms with E-state index in [4.69, 9.17) is 23.2 Å². The van der Waals surface area contributed by atoms with Crippen molar-refractivity contribution in [3.05, 3.63) is 68.7 Å². The fourth-order valence-corrected chi connectivity index (χ4v) is 2.82. The van der Waals surface area contributed by atoms with Crippen LogP contribution in [0.5, 0.6) is 0 Å². The highest BCUT2D eigenvalue weighted by Crippen LogP contribution is 2.31. The quantitative estimate of drug-likeness (QED) is 0.847. The number of benzene rings is 2. The molecule has 0 fully saturated rings. The lowest BCUT2D eigenvalue weighted by molar-refractivity contribution is 0.691. The predicted octanol–water partition coefficient (Wildman–Crippen LogP) is 4.92. The normalized spacial score (nSPS) is 12.5. The van der Waals surface area contributed by atoms with Crippen LogP contribution in [0, 0.1) is 13.8 Å². The molecule has 0 aliphatic heterocycles. The van der Waals surface area contributed by atoms with E-state index in [0.717, 1.165) is 10.6 Å². The van der Waals surface area contributed by atoms with E-state index in [-0.39, 0.29) is 6.04 Å². The Bertz CT molecular complexity index is 573. The first-order valence-corrected chi connectivity index (χ1v) is 6.97. The van der Waals surface area contributed by atoms with Crippen LogP contribution < -0.4 is 5.32 Å². The number of rotatable bonds is 3. The van der Waals surface area contributed by atoms with Gasteiger partial charge in [-0.05, 0) is 50.2 Å². The summed E-state index contributed by atoms with van der Waals surface area (Å²) < 4.78 is 0. The molecule has 0 saturated carbocycles. The zero-order valence-corrected chi connectivity index (χ0v) is 12.8. The summed E-state index contributed by atoms with van der Waals surface area (Å²) in [5, 5.41) is 4.74. The van der Waals surface area contributed by atoms with Crippen molar-refractivity contribution >= 4 is 23.2 Å². The van der Waals surface area contributed by atoms with Gasteiger partial charge in [-0.1, -0.05) is 52.5 Å². The van der Waals surface area contributed by atoms with Crippen LogP contribution in [0.4, 0.5) is 0 Å². The maximum absolute atomic E-state index is 6.30. The second kappa shape index (κ2) is 5.96. The van der Waals surface area contributed by atoms with Gasteiger partial charge in [0.1, 0.15) is 0 Å². The van der Waals surface area contributed by atoms with Crippen molar-refractivity contribution in [3.63, 3.8) is 0 Å². The Labute approximate surface area is 124 Å². The monoisotopic (exact) mass is 293 g/mol. The van der Waals surface area contributed by atoms with E-state index in [2.05, 4.69) is 37.4 Å². The highest BCUT2D eigenvalue weighted by atomic mass is 35.5. The van der Waals surface area contributed by atoms with E-state index in [9.17, 15) is 0 Å². The van der Waals surface area contributed by atoms with Gasteiger partial charge in [-0.15, -0.1) is 0 Å². The minimum atomic E-state index is 0.0461. The van der Waals surface area contributed by atoms with Crippen molar-refractivity contribution in [1.82, 2.24) is 5.32 Å². The topological polar surface area (TPSA) is 12.0 Å². The van der Waals surface area contributed by atoms with Crippen molar-refractivity contribution in [2.75, 3.05) is 7.05 Å². The van der Waals surface area contributed by atoms with Crippen LogP contribution in [0.25, 0.3) is 0 Å². The molecular formula is C16H17Cl2N. The van der Waals surface area contributed by atoms with Gasteiger partial charge < -0.3 is 5.32 Å². The fraction of sp³-hybridized carbons (Fsp3) is 0.250. The van der Waals surface area contributed by atoms with Crippen LogP contribution in [-0.2, 0) is 0 Å². The van der Waals surface area contributed by atoms with Crippen LogP contribution in [0.2, 0.25) is 10.0 Å². The van der Waals surface area contributed by atoms with Gasteiger partial charge in [-0.25, -0.2) is 0 Å². The van der Waals surface area contributed by atoms with E-state index in [1.54, 1.807) is 0 Å². The molecule has 0 spiro atoms. The summed E-state index contributed by atoms with van der Waals surface area (Å²) in [7, 11) is 1.93. The summed E-state index contributed by atoms with van der Waals surface area (Å²) in [4.78, 5) is 0. The zero-order valence-electron chi connectivity index (χ0n) is 11.3. The first-order valence-electron chi connectivity index (χ1n) is 6.21. The molecule has 0 bridgehead atoms. The molecule has 0 aliphatic rings. The predicted molar refractivity (Wildman–Crippen MR) is 83.3 cm³/mol. The molecule has 100 valence electrons. The molecule has 1 N–H and O–H groups in total. The lowest BCUT2D eigenvalue weighted by Crippen LogP contribution is -2.18. The van der Waals surface area contributed by atoms with Gasteiger partial charge >= 0.3 is 0 Å². The van der Waals surface area contributed by atoms with E-state index in [1.807, 2.05) is 25.2 Å². The van der Waals surface area contributed by atoms with Gasteiger partial charge in [0.15, 0.2) is 0 Å². The second-order valence-electron chi connectivity index (χ2n) is 4.81. The number of hydrogen-bond acceptors (Lipinski definition) is 1. The third-order valence-corrected chi connectivity index (χ3v) is 3.71. The minimum Gasteiger partial charge on any atom is -0.309 e. The average molecular weight is 294 g/mol. The fourth-order valence-electron chi connectivity index (χ4n) is 2.41. The van der Waals surface area contributed by atoms with E-state index in [0.29, 0.717) is 5.02 Å². The molecule has 2 aromatic carbocycles. The lowest BCUT2D eigenvalue weighted by Gasteiger charge is -2.20. The van der Waals surface area contributed by atoms with Crippen LogP contribution >= 0.6 is 23.2 Å². The van der Waals surface area contributed by atoms with Crippen LogP contribution in [0.15, 0.2) is 36.4 Å². The summed E-state index contributed by atoms with van der Waals surface area (Å²) in [6.45, 7) is 4.20. The first-order chi connectivity index (χ1) is 9.01. The molecule has 1 atom stereocenters. The Morgan fingerprint density at radius 1 is 0.947 bits per heavy atom. The minimum absolute atomic E-state index is 0.0461. The highest BCUT2D eigenvalue weighted by molar-refractivity contribution is 6.33. The number of halogens is 2. The van der Waals surface area contributed by atoms with Crippen molar-refractivity contribution in [1.29, 1.82) is 0 Å². The van der Waals surface area contributed by atoms with Gasteiger partial charge in [-0.3, -0.25) is 0 Å². The van der Waals surface area contributed by atoms with Crippen molar-refractivity contribution < 1.29 is 0 Å². The number of hydrogen-bond donors (Lipinski definition) is 1. The standard InChI is InChI=1S/C16H17Cl2N/c1-10-6-11(2)8-12(7-10)16(19-3)14-9-13(17)4-5-15(14)18/h4-9,16,19H,1-3H3. The summed E-state index contributed by atoms with van der Waals surface area (Å²) in [5.41, 5.74) is 4.69. The van der Waals surface area contributed by atoms with Gasteiger partial charge in [-0.2, -0.15) is 0 Å². The van der Waals surface area contributed by atoms with Crippen molar-refractivity contribution in [2.24, 2.45) is 0 Å². The zero-order chi connectivity index (χ0) is 14.0. The Kier molecular flexibility index (Phi) is 4.51. The molecule has 1 unspecified atom stereocenters. The molecular weight excluding hydrogens is 277 g/mol. The van der Waals surface area contributed by atoms with Crippen LogP contribution in [-0.4, -0.2) is 7.05 Å². The molecule has 0 amide bonds. The summed E-state index contributed by atoms with van der Waals surface area (Å²) >= 11 is 12.4. The molecule has 2 aromatic rings. The molecule has 0 aromatic heterocycles. The van der Waals surface area contributed by atoms with Gasteiger partial charge in [0.2, 0.25) is 0 Å². The molecule has 0 aliphatic carbocycles. The Balaban J connectivity index is 2.52. The largest absolute Gasteiger partial charge is 0.309 e.